The largest absolute Gasteiger partial charge is 0.487 e. The summed E-state index contributed by atoms with van der Waals surface area (Å²) in [5, 5.41) is 10.1. The van der Waals surface area contributed by atoms with Crippen LogP contribution in [0.3, 0.4) is 0 Å². The maximum absolute atomic E-state index is 14.5. The Balaban J connectivity index is 1.50. The predicted octanol–water partition coefficient (Wildman–Crippen LogP) is 5.12. The van der Waals surface area contributed by atoms with Crippen LogP contribution in [0.25, 0.3) is 0 Å². The van der Waals surface area contributed by atoms with Crippen molar-refractivity contribution in [2.75, 3.05) is 13.1 Å². The van der Waals surface area contributed by atoms with E-state index in [-0.39, 0.29) is 35.1 Å². The van der Waals surface area contributed by atoms with Crippen LogP contribution < -0.4 is 4.74 Å². The molecular weight excluding hydrogens is 428 g/mol. The van der Waals surface area contributed by atoms with Gasteiger partial charge in [0.1, 0.15) is 23.0 Å². The first-order valence-electron chi connectivity index (χ1n) is 11.4. The number of piperidine rings is 1. The van der Waals surface area contributed by atoms with Crippen molar-refractivity contribution in [2.45, 2.75) is 70.4 Å². The molecule has 0 saturated carbocycles. The third-order valence-corrected chi connectivity index (χ3v) is 6.48. The molecule has 0 unspecified atom stereocenters. The molecule has 1 fully saturated rings. The molecule has 2 aromatic carbocycles. The van der Waals surface area contributed by atoms with E-state index in [1.807, 2.05) is 13.8 Å². The van der Waals surface area contributed by atoms with E-state index in [4.69, 9.17) is 9.47 Å². The van der Waals surface area contributed by atoms with E-state index in [0.29, 0.717) is 38.1 Å². The van der Waals surface area contributed by atoms with Crippen molar-refractivity contribution in [3.63, 3.8) is 0 Å². The molecule has 1 atom stereocenters. The van der Waals surface area contributed by atoms with Crippen LogP contribution in [0.4, 0.5) is 8.78 Å². The minimum Gasteiger partial charge on any atom is -0.487 e. The summed E-state index contributed by atoms with van der Waals surface area (Å²) in [6, 6.07) is 8.72. The number of ether oxygens (including phenoxy) is 2. The molecule has 2 aromatic rings. The molecule has 1 spiro atoms. The molecule has 7 heteroatoms. The van der Waals surface area contributed by atoms with Crippen molar-refractivity contribution in [1.82, 2.24) is 4.90 Å². The first-order chi connectivity index (χ1) is 15.5. The fraction of sp³-hybridized carbons (Fsp3) is 0.500. The Morgan fingerprint density at radius 3 is 2.48 bits per heavy atom. The summed E-state index contributed by atoms with van der Waals surface area (Å²) >= 11 is 0. The van der Waals surface area contributed by atoms with E-state index in [9.17, 15) is 18.7 Å². The standard InChI is InChI=1S/C26H31F2NO4/c1-16(2)32-23-15-26(33-22-14-18(27)6-7-19(22)23)9-11-29(12-10-26)24(30)17-5-8-20(21(28)13-17)25(3,4)31/h5-8,13-14,16,23,31H,9-12,15H2,1-4H3/t23-/m0/s1. The highest BCUT2D eigenvalue weighted by Gasteiger charge is 2.45. The lowest BCUT2D eigenvalue weighted by molar-refractivity contribution is -0.0873. The molecular formula is C26H31F2NO4. The van der Waals surface area contributed by atoms with Gasteiger partial charge >= 0.3 is 0 Å². The van der Waals surface area contributed by atoms with Gasteiger partial charge in [-0.05, 0) is 52.0 Å². The van der Waals surface area contributed by atoms with Crippen LogP contribution in [-0.4, -0.2) is 40.7 Å². The molecule has 33 heavy (non-hydrogen) atoms. The molecule has 2 heterocycles. The Labute approximate surface area is 193 Å². The maximum Gasteiger partial charge on any atom is 0.253 e. The number of carbonyl (C=O) groups excluding carboxylic acids is 1. The summed E-state index contributed by atoms with van der Waals surface area (Å²) in [4.78, 5) is 14.7. The number of amides is 1. The Hall–Kier alpha value is -2.51. The van der Waals surface area contributed by atoms with Crippen LogP contribution in [0.1, 0.15) is 74.5 Å². The molecule has 0 bridgehead atoms. The second kappa shape index (κ2) is 8.69. The summed E-state index contributed by atoms with van der Waals surface area (Å²) < 4.78 is 40.8. The monoisotopic (exact) mass is 459 g/mol. The number of hydrogen-bond donors (Lipinski definition) is 1. The van der Waals surface area contributed by atoms with Crippen LogP contribution >= 0.6 is 0 Å². The third-order valence-electron chi connectivity index (χ3n) is 6.48. The molecule has 0 aliphatic carbocycles. The quantitative estimate of drug-likeness (QED) is 0.690. The van der Waals surface area contributed by atoms with Crippen molar-refractivity contribution in [1.29, 1.82) is 0 Å². The molecule has 1 saturated heterocycles. The van der Waals surface area contributed by atoms with Crippen LogP contribution in [0.5, 0.6) is 5.75 Å². The zero-order valence-corrected chi connectivity index (χ0v) is 19.5. The lowest BCUT2D eigenvalue weighted by atomic mass is 9.81. The average molecular weight is 460 g/mol. The predicted molar refractivity (Wildman–Crippen MR) is 120 cm³/mol. The fourth-order valence-electron chi connectivity index (χ4n) is 4.79. The molecule has 1 N–H and O–H groups in total. The molecule has 4 rings (SSSR count). The topological polar surface area (TPSA) is 59.0 Å². The van der Waals surface area contributed by atoms with Crippen molar-refractivity contribution in [2.24, 2.45) is 0 Å². The molecule has 0 radical (unpaired) electrons. The van der Waals surface area contributed by atoms with Gasteiger partial charge in [0, 0.05) is 55.1 Å². The summed E-state index contributed by atoms with van der Waals surface area (Å²) in [6.45, 7) is 7.81. The minimum absolute atomic E-state index is 0.00601. The number of fused-ring (bicyclic) bond motifs is 1. The van der Waals surface area contributed by atoms with E-state index in [2.05, 4.69) is 0 Å². The highest BCUT2D eigenvalue weighted by Crippen LogP contribution is 2.46. The van der Waals surface area contributed by atoms with Gasteiger partial charge in [0.2, 0.25) is 0 Å². The second-order valence-electron chi connectivity index (χ2n) is 9.89. The van der Waals surface area contributed by atoms with Crippen molar-refractivity contribution < 1.29 is 28.2 Å². The summed E-state index contributed by atoms with van der Waals surface area (Å²) in [5.74, 6) is -0.734. The molecule has 5 nitrogen and oxygen atoms in total. The number of carbonyl (C=O) groups is 1. The van der Waals surface area contributed by atoms with Crippen molar-refractivity contribution in [3.05, 3.63) is 64.7 Å². The van der Waals surface area contributed by atoms with Crippen LogP contribution in [0.2, 0.25) is 0 Å². The van der Waals surface area contributed by atoms with Gasteiger partial charge in [0.05, 0.1) is 17.8 Å². The summed E-state index contributed by atoms with van der Waals surface area (Å²) in [7, 11) is 0. The van der Waals surface area contributed by atoms with Crippen molar-refractivity contribution in [3.8, 4) is 5.75 Å². The summed E-state index contributed by atoms with van der Waals surface area (Å²) in [6.07, 6.45) is 1.56. The van der Waals surface area contributed by atoms with Gasteiger partial charge in [-0.15, -0.1) is 0 Å². The normalized spacial score (nSPS) is 20.0. The minimum atomic E-state index is -1.33. The van der Waals surface area contributed by atoms with Gasteiger partial charge in [-0.1, -0.05) is 6.07 Å². The third kappa shape index (κ3) is 4.89. The van der Waals surface area contributed by atoms with Crippen LogP contribution in [0.15, 0.2) is 36.4 Å². The molecule has 178 valence electrons. The van der Waals surface area contributed by atoms with Gasteiger partial charge in [-0.2, -0.15) is 0 Å². The molecule has 2 aliphatic rings. The van der Waals surface area contributed by atoms with E-state index in [1.54, 1.807) is 17.0 Å². The second-order valence-corrected chi connectivity index (χ2v) is 9.89. The highest BCUT2D eigenvalue weighted by molar-refractivity contribution is 5.94. The Morgan fingerprint density at radius 1 is 1.18 bits per heavy atom. The number of aliphatic hydroxyl groups is 1. The SMILES string of the molecule is CC(C)O[C@H]1CC2(CCN(C(=O)c3ccc(C(C)(C)O)c(F)c3)CC2)Oc2cc(F)ccc21. The molecule has 1 amide bonds. The fourth-order valence-corrected chi connectivity index (χ4v) is 4.79. The number of benzene rings is 2. The Bertz CT molecular complexity index is 1040. The van der Waals surface area contributed by atoms with E-state index < -0.39 is 17.0 Å². The van der Waals surface area contributed by atoms with Gasteiger partial charge in [-0.25, -0.2) is 8.78 Å². The lowest BCUT2D eigenvalue weighted by Crippen LogP contribution is -2.52. The Kier molecular flexibility index (Phi) is 6.22. The number of nitrogens with zero attached hydrogens (tertiary/aromatic N) is 1. The smallest absolute Gasteiger partial charge is 0.253 e. The van der Waals surface area contributed by atoms with Crippen molar-refractivity contribution >= 4 is 5.91 Å². The average Bonchev–Trinajstić information content (AvgIpc) is 2.72. The number of rotatable bonds is 4. The van der Waals surface area contributed by atoms with E-state index >= 15 is 0 Å². The van der Waals surface area contributed by atoms with Crippen LogP contribution in [-0.2, 0) is 10.3 Å². The van der Waals surface area contributed by atoms with Gasteiger partial charge in [0.25, 0.3) is 5.91 Å². The number of hydrogen-bond acceptors (Lipinski definition) is 4. The maximum atomic E-state index is 14.5. The van der Waals surface area contributed by atoms with Gasteiger partial charge in [-0.3, -0.25) is 4.79 Å². The highest BCUT2D eigenvalue weighted by atomic mass is 19.1. The summed E-state index contributed by atoms with van der Waals surface area (Å²) in [5.41, 5.74) is -0.640. The lowest BCUT2D eigenvalue weighted by Gasteiger charge is -2.47. The number of halogens is 2. The first-order valence-corrected chi connectivity index (χ1v) is 11.4. The molecule has 0 aromatic heterocycles. The zero-order chi connectivity index (χ0) is 24.0. The zero-order valence-electron chi connectivity index (χ0n) is 19.5. The number of likely N-dealkylation sites (tertiary alicyclic amines) is 1. The molecule has 2 aliphatic heterocycles. The Morgan fingerprint density at radius 2 is 1.88 bits per heavy atom. The van der Waals surface area contributed by atoms with Crippen LogP contribution in [0, 0.1) is 11.6 Å². The van der Waals surface area contributed by atoms with E-state index in [1.165, 1.54) is 38.1 Å². The first kappa shape index (κ1) is 23.6. The van der Waals surface area contributed by atoms with E-state index in [0.717, 1.165) is 5.56 Å². The van der Waals surface area contributed by atoms with Gasteiger partial charge < -0.3 is 19.5 Å². The van der Waals surface area contributed by atoms with Gasteiger partial charge in [0.15, 0.2) is 0 Å².